The van der Waals surface area contributed by atoms with E-state index in [-0.39, 0.29) is 25.5 Å². The van der Waals surface area contributed by atoms with Crippen molar-refractivity contribution in [2.75, 3.05) is 4.72 Å². The number of nitrogens with one attached hydrogen (secondary N) is 2. The van der Waals surface area contributed by atoms with Crippen LogP contribution in [0.25, 0.3) is 0 Å². The van der Waals surface area contributed by atoms with Crippen molar-refractivity contribution >= 4 is 54.8 Å². The zero-order valence-corrected chi connectivity index (χ0v) is 15.8. The number of carbonyl (C=O) groups is 1. The fraction of sp³-hybridized carbons (Fsp3) is 0.0714. The van der Waals surface area contributed by atoms with Crippen LogP contribution in [0.4, 0.5) is 5.69 Å². The second-order valence-electron chi connectivity index (χ2n) is 4.87. The molecule has 2 aromatic carbocycles. The molecule has 0 unspecified atom stereocenters. The molecule has 0 saturated carbocycles. The van der Waals surface area contributed by atoms with E-state index in [1.807, 2.05) is 0 Å². The molecule has 11 heteroatoms. The molecule has 1 amide bonds. The summed E-state index contributed by atoms with van der Waals surface area (Å²) in [7, 11) is -8.02. The first-order valence-corrected chi connectivity index (χ1v) is 10.3. The second-order valence-corrected chi connectivity index (χ2v) is 9.04. The minimum Gasteiger partial charge on any atom is -0.280 e. The molecule has 0 radical (unpaired) electrons. The molecule has 0 spiro atoms. The number of sulfonamides is 2. The quantitative estimate of drug-likeness (QED) is 0.769. The van der Waals surface area contributed by atoms with Gasteiger partial charge in [-0.2, -0.15) is 0 Å². The van der Waals surface area contributed by atoms with Crippen LogP contribution in [0.3, 0.4) is 0 Å². The molecule has 0 atom stereocenters. The summed E-state index contributed by atoms with van der Waals surface area (Å²) in [6.45, 7) is 1.06. The van der Waals surface area contributed by atoms with E-state index in [1.165, 1.54) is 30.3 Å². The average molecular weight is 423 g/mol. The molecule has 0 fully saturated rings. The molecule has 7 nitrogen and oxygen atoms in total. The molecule has 0 bridgehead atoms. The molecule has 2 N–H and O–H groups in total. The van der Waals surface area contributed by atoms with Crippen LogP contribution < -0.4 is 9.44 Å². The third kappa shape index (κ3) is 4.85. The summed E-state index contributed by atoms with van der Waals surface area (Å²) >= 11 is 11.7. The number of rotatable bonds is 5. The number of benzene rings is 2. The lowest BCUT2D eigenvalue weighted by atomic mass is 10.3. The summed E-state index contributed by atoms with van der Waals surface area (Å²) in [5.41, 5.74) is 0.109. The van der Waals surface area contributed by atoms with Gasteiger partial charge < -0.3 is 0 Å². The van der Waals surface area contributed by atoms with Crippen molar-refractivity contribution in [1.29, 1.82) is 0 Å². The van der Waals surface area contributed by atoms with Gasteiger partial charge in [0.15, 0.2) is 0 Å². The molecule has 0 aliphatic carbocycles. The first-order chi connectivity index (χ1) is 11.5. The number of carbonyl (C=O) groups excluding carboxylic acids is 1. The fourth-order valence-electron chi connectivity index (χ4n) is 1.84. The Morgan fingerprint density at radius 1 is 0.920 bits per heavy atom. The molecule has 0 heterocycles. The highest BCUT2D eigenvalue weighted by Crippen LogP contribution is 2.27. The van der Waals surface area contributed by atoms with E-state index < -0.39 is 26.0 Å². The lowest BCUT2D eigenvalue weighted by Gasteiger charge is -2.11. The first-order valence-electron chi connectivity index (χ1n) is 6.62. The summed E-state index contributed by atoms with van der Waals surface area (Å²) in [6.07, 6.45) is 0. The minimum absolute atomic E-state index is 0.0123. The van der Waals surface area contributed by atoms with E-state index in [4.69, 9.17) is 23.2 Å². The molecule has 0 aliphatic heterocycles. The highest BCUT2D eigenvalue weighted by molar-refractivity contribution is 7.92. The van der Waals surface area contributed by atoms with Gasteiger partial charge in [0.05, 0.1) is 9.92 Å². The van der Waals surface area contributed by atoms with Gasteiger partial charge in [-0.25, -0.2) is 21.6 Å². The normalized spacial score (nSPS) is 11.8. The van der Waals surface area contributed by atoms with Gasteiger partial charge in [0.2, 0.25) is 5.91 Å². The van der Waals surface area contributed by atoms with E-state index in [0.717, 1.165) is 19.1 Å². The first kappa shape index (κ1) is 19.5. The molecule has 0 aliphatic rings. The molecule has 134 valence electrons. The van der Waals surface area contributed by atoms with Crippen molar-refractivity contribution in [2.24, 2.45) is 0 Å². The van der Waals surface area contributed by atoms with Crippen molar-refractivity contribution < 1.29 is 21.6 Å². The van der Waals surface area contributed by atoms with Gasteiger partial charge in [-0.15, -0.1) is 0 Å². The number of anilines is 1. The molecule has 2 aromatic rings. The van der Waals surface area contributed by atoms with E-state index in [0.29, 0.717) is 0 Å². The highest BCUT2D eigenvalue weighted by atomic mass is 35.5. The van der Waals surface area contributed by atoms with E-state index in [1.54, 1.807) is 4.72 Å². The monoisotopic (exact) mass is 422 g/mol. The molecule has 25 heavy (non-hydrogen) atoms. The zero-order valence-electron chi connectivity index (χ0n) is 12.7. The van der Waals surface area contributed by atoms with E-state index >= 15 is 0 Å². The van der Waals surface area contributed by atoms with E-state index in [2.05, 4.69) is 4.72 Å². The summed E-state index contributed by atoms with van der Waals surface area (Å²) in [5.74, 6) is -0.736. The molecule has 2 rings (SSSR count). The van der Waals surface area contributed by atoms with Gasteiger partial charge >= 0.3 is 0 Å². The van der Waals surface area contributed by atoms with Crippen molar-refractivity contribution in [1.82, 2.24) is 4.72 Å². The average Bonchev–Trinajstić information content (AvgIpc) is 2.48. The van der Waals surface area contributed by atoms with Crippen LogP contribution in [0, 0.1) is 0 Å². The predicted molar refractivity (Wildman–Crippen MR) is 94.7 cm³/mol. The molecule has 0 saturated heterocycles. The summed E-state index contributed by atoms with van der Waals surface area (Å²) < 4.78 is 52.5. The number of amides is 1. The summed E-state index contributed by atoms with van der Waals surface area (Å²) in [6, 6.07) is 8.79. The van der Waals surface area contributed by atoms with Gasteiger partial charge in [0.25, 0.3) is 20.0 Å². The number of hydrogen-bond acceptors (Lipinski definition) is 5. The van der Waals surface area contributed by atoms with Crippen LogP contribution in [-0.4, -0.2) is 22.7 Å². The Hall–Kier alpha value is -1.81. The SMILES string of the molecule is CC(=O)NS(=O)(=O)c1ccc(NS(=O)(=O)c2cc(Cl)ccc2Cl)cc1. The Balaban J connectivity index is 2.29. The fourth-order valence-corrected chi connectivity index (χ4v) is 4.66. The van der Waals surface area contributed by atoms with Crippen molar-refractivity contribution in [3.63, 3.8) is 0 Å². The number of halogens is 2. The third-order valence-electron chi connectivity index (χ3n) is 2.88. The maximum absolute atomic E-state index is 12.4. The third-order valence-corrected chi connectivity index (χ3v) is 6.42. The summed E-state index contributed by atoms with van der Waals surface area (Å²) in [4.78, 5) is 10.5. The van der Waals surface area contributed by atoms with Gasteiger partial charge in [0, 0.05) is 17.6 Å². The van der Waals surface area contributed by atoms with E-state index in [9.17, 15) is 21.6 Å². The van der Waals surface area contributed by atoms with Gasteiger partial charge in [-0.05, 0) is 42.5 Å². The van der Waals surface area contributed by atoms with Crippen LogP contribution in [0.15, 0.2) is 52.3 Å². The maximum atomic E-state index is 12.4. The Morgan fingerprint density at radius 3 is 2.08 bits per heavy atom. The highest BCUT2D eigenvalue weighted by Gasteiger charge is 2.20. The molecular weight excluding hydrogens is 411 g/mol. The van der Waals surface area contributed by atoms with Crippen molar-refractivity contribution in [2.45, 2.75) is 16.7 Å². The smallest absolute Gasteiger partial charge is 0.264 e. The maximum Gasteiger partial charge on any atom is 0.264 e. The number of hydrogen-bond donors (Lipinski definition) is 2. The van der Waals surface area contributed by atoms with Crippen molar-refractivity contribution in [3.8, 4) is 0 Å². The van der Waals surface area contributed by atoms with Crippen LogP contribution in [-0.2, 0) is 24.8 Å². The van der Waals surface area contributed by atoms with Crippen LogP contribution in [0.2, 0.25) is 10.0 Å². The molecule has 0 aromatic heterocycles. The topological polar surface area (TPSA) is 109 Å². The lowest BCUT2D eigenvalue weighted by molar-refractivity contribution is -0.117. The van der Waals surface area contributed by atoms with Crippen molar-refractivity contribution in [3.05, 3.63) is 52.5 Å². The second kappa shape index (κ2) is 7.20. The summed E-state index contributed by atoms with van der Waals surface area (Å²) in [5, 5.41) is 0.184. The standard InChI is InChI=1S/C14H12Cl2N2O5S2/c1-9(19)17-24(20,21)12-5-3-11(4-6-12)18-25(22,23)14-8-10(15)2-7-13(14)16/h2-8,18H,1H3,(H,17,19). The van der Waals surface area contributed by atoms with Crippen LogP contribution in [0.5, 0.6) is 0 Å². The minimum atomic E-state index is -4.02. The largest absolute Gasteiger partial charge is 0.280 e. The van der Waals surface area contributed by atoms with Gasteiger partial charge in [-0.3, -0.25) is 9.52 Å². The van der Waals surface area contributed by atoms with Crippen LogP contribution in [0.1, 0.15) is 6.92 Å². The molecular formula is C14H12Cl2N2O5S2. The Labute approximate surface area is 155 Å². The van der Waals surface area contributed by atoms with Gasteiger partial charge in [-0.1, -0.05) is 23.2 Å². The Kier molecular flexibility index (Phi) is 5.62. The lowest BCUT2D eigenvalue weighted by Crippen LogP contribution is -2.28. The zero-order chi connectivity index (χ0) is 18.8. The van der Waals surface area contributed by atoms with Crippen LogP contribution >= 0.6 is 23.2 Å². The Bertz CT molecular complexity index is 1020. The predicted octanol–water partition coefficient (Wildman–Crippen LogP) is 2.62. The van der Waals surface area contributed by atoms with Gasteiger partial charge in [0.1, 0.15) is 4.90 Å². The Morgan fingerprint density at radius 2 is 1.52 bits per heavy atom.